The molecule has 1 amide bonds. The SMILES string of the molecule is COc1ccc([C@H](NC(=O)CC#N)c2ccc3c(c2)CCO3)cc1. The van der Waals surface area contributed by atoms with E-state index in [4.69, 9.17) is 14.7 Å². The molecule has 0 saturated heterocycles. The molecule has 0 aliphatic carbocycles. The first-order chi connectivity index (χ1) is 11.7. The fraction of sp³-hybridized carbons (Fsp3) is 0.263. The molecule has 0 radical (unpaired) electrons. The average Bonchev–Trinajstić information content (AvgIpc) is 3.08. The van der Waals surface area contributed by atoms with Gasteiger partial charge in [-0.25, -0.2) is 0 Å². The van der Waals surface area contributed by atoms with Crippen molar-refractivity contribution in [3.63, 3.8) is 0 Å². The van der Waals surface area contributed by atoms with Gasteiger partial charge in [0.1, 0.15) is 17.9 Å². The molecule has 24 heavy (non-hydrogen) atoms. The van der Waals surface area contributed by atoms with Crippen molar-refractivity contribution in [3.8, 4) is 17.6 Å². The zero-order valence-electron chi connectivity index (χ0n) is 13.4. The molecule has 0 unspecified atom stereocenters. The first kappa shape index (κ1) is 15.9. The molecule has 0 bridgehead atoms. The van der Waals surface area contributed by atoms with Crippen molar-refractivity contribution in [2.45, 2.75) is 18.9 Å². The molecule has 0 spiro atoms. The predicted molar refractivity (Wildman–Crippen MR) is 88.9 cm³/mol. The van der Waals surface area contributed by atoms with E-state index in [1.165, 1.54) is 0 Å². The van der Waals surface area contributed by atoms with Gasteiger partial charge >= 0.3 is 0 Å². The fourth-order valence-electron chi connectivity index (χ4n) is 2.83. The highest BCUT2D eigenvalue weighted by molar-refractivity contribution is 5.79. The highest BCUT2D eigenvalue weighted by Gasteiger charge is 2.20. The summed E-state index contributed by atoms with van der Waals surface area (Å²) in [7, 11) is 1.61. The third-order valence-electron chi connectivity index (χ3n) is 4.04. The van der Waals surface area contributed by atoms with E-state index in [-0.39, 0.29) is 18.4 Å². The number of nitriles is 1. The van der Waals surface area contributed by atoms with Crippen LogP contribution in [0.3, 0.4) is 0 Å². The summed E-state index contributed by atoms with van der Waals surface area (Å²) in [6.07, 6.45) is 0.700. The zero-order chi connectivity index (χ0) is 16.9. The van der Waals surface area contributed by atoms with Crippen molar-refractivity contribution in [1.29, 1.82) is 5.26 Å². The van der Waals surface area contributed by atoms with E-state index in [0.717, 1.165) is 34.6 Å². The Kier molecular flexibility index (Phi) is 4.66. The molecule has 1 atom stereocenters. The Bertz CT molecular complexity index is 778. The van der Waals surface area contributed by atoms with Crippen molar-refractivity contribution in [3.05, 3.63) is 59.2 Å². The number of fused-ring (bicyclic) bond motifs is 1. The number of hydrogen-bond acceptors (Lipinski definition) is 4. The van der Waals surface area contributed by atoms with Gasteiger partial charge in [0.2, 0.25) is 5.91 Å². The molecule has 2 aromatic rings. The summed E-state index contributed by atoms with van der Waals surface area (Å²) in [6.45, 7) is 0.687. The molecule has 1 N–H and O–H groups in total. The molecule has 0 fully saturated rings. The molecule has 1 heterocycles. The Morgan fingerprint density at radius 3 is 2.75 bits per heavy atom. The van der Waals surface area contributed by atoms with Gasteiger partial charge in [0, 0.05) is 6.42 Å². The molecule has 122 valence electrons. The van der Waals surface area contributed by atoms with Crippen molar-refractivity contribution >= 4 is 5.91 Å². The van der Waals surface area contributed by atoms with E-state index in [9.17, 15) is 4.79 Å². The van der Waals surface area contributed by atoms with Crippen LogP contribution in [0.4, 0.5) is 0 Å². The van der Waals surface area contributed by atoms with Crippen LogP contribution in [0.5, 0.6) is 11.5 Å². The van der Waals surface area contributed by atoms with Gasteiger partial charge in [-0.2, -0.15) is 5.26 Å². The first-order valence-corrected chi connectivity index (χ1v) is 7.77. The molecule has 1 aliphatic heterocycles. The maximum atomic E-state index is 12.0. The van der Waals surface area contributed by atoms with Crippen molar-refractivity contribution in [2.75, 3.05) is 13.7 Å². The first-order valence-electron chi connectivity index (χ1n) is 7.77. The monoisotopic (exact) mass is 322 g/mol. The predicted octanol–water partition coefficient (Wildman–Crippen LogP) is 2.75. The number of rotatable bonds is 5. The third kappa shape index (κ3) is 3.33. The Morgan fingerprint density at radius 2 is 2.04 bits per heavy atom. The largest absolute Gasteiger partial charge is 0.497 e. The second kappa shape index (κ2) is 7.05. The zero-order valence-corrected chi connectivity index (χ0v) is 13.4. The summed E-state index contributed by atoms with van der Waals surface area (Å²) in [5, 5.41) is 11.7. The van der Waals surface area contributed by atoms with Crippen LogP contribution in [0.25, 0.3) is 0 Å². The number of benzene rings is 2. The number of nitrogens with one attached hydrogen (secondary N) is 1. The molecule has 2 aromatic carbocycles. The Labute approximate surface area is 140 Å². The van der Waals surface area contributed by atoms with Gasteiger partial charge in [-0.15, -0.1) is 0 Å². The smallest absolute Gasteiger partial charge is 0.234 e. The van der Waals surface area contributed by atoms with Crippen molar-refractivity contribution in [1.82, 2.24) is 5.32 Å². The number of amides is 1. The standard InChI is InChI=1S/C19H18N2O3/c1-23-16-5-2-13(3-6-16)19(21-18(22)8-10-20)15-4-7-17-14(12-15)9-11-24-17/h2-7,12,19H,8-9,11H2,1H3,(H,21,22)/t19-/m0/s1. The number of ether oxygens (including phenoxy) is 2. The average molecular weight is 322 g/mol. The summed E-state index contributed by atoms with van der Waals surface area (Å²) in [4.78, 5) is 12.0. The Morgan fingerprint density at radius 1 is 1.29 bits per heavy atom. The molecule has 3 rings (SSSR count). The lowest BCUT2D eigenvalue weighted by Crippen LogP contribution is -2.28. The third-order valence-corrected chi connectivity index (χ3v) is 4.04. The number of methoxy groups -OCH3 is 1. The van der Waals surface area contributed by atoms with Crippen LogP contribution < -0.4 is 14.8 Å². The van der Waals surface area contributed by atoms with Gasteiger partial charge in [-0.3, -0.25) is 4.79 Å². The molecule has 1 aliphatic rings. The summed E-state index contributed by atoms with van der Waals surface area (Å²) >= 11 is 0. The van der Waals surface area contributed by atoms with Crippen LogP contribution in [0.1, 0.15) is 29.2 Å². The Hall–Kier alpha value is -3.00. The molecule has 0 aromatic heterocycles. The van der Waals surface area contributed by atoms with Crippen LogP contribution in [0.15, 0.2) is 42.5 Å². The molecule has 0 saturated carbocycles. The van der Waals surface area contributed by atoms with E-state index in [0.29, 0.717) is 6.61 Å². The second-order valence-electron chi connectivity index (χ2n) is 5.57. The topological polar surface area (TPSA) is 71.3 Å². The van der Waals surface area contributed by atoms with Gasteiger partial charge in [0.15, 0.2) is 0 Å². The number of carbonyl (C=O) groups excluding carboxylic acids is 1. The van der Waals surface area contributed by atoms with Crippen LogP contribution in [0, 0.1) is 11.3 Å². The lowest BCUT2D eigenvalue weighted by molar-refractivity contribution is -0.120. The van der Waals surface area contributed by atoms with Gasteiger partial charge in [-0.05, 0) is 41.0 Å². The second-order valence-corrected chi connectivity index (χ2v) is 5.57. The summed E-state index contributed by atoms with van der Waals surface area (Å²) in [6, 6.07) is 15.1. The van der Waals surface area contributed by atoms with Gasteiger partial charge < -0.3 is 14.8 Å². The number of nitrogens with zero attached hydrogens (tertiary/aromatic N) is 1. The van der Waals surface area contributed by atoms with Crippen LogP contribution in [-0.2, 0) is 11.2 Å². The maximum absolute atomic E-state index is 12.0. The highest BCUT2D eigenvalue weighted by Crippen LogP contribution is 2.31. The number of hydrogen-bond donors (Lipinski definition) is 1. The van der Waals surface area contributed by atoms with E-state index in [1.54, 1.807) is 7.11 Å². The van der Waals surface area contributed by atoms with Gasteiger partial charge in [0.25, 0.3) is 0 Å². The lowest BCUT2D eigenvalue weighted by atomic mass is 9.96. The van der Waals surface area contributed by atoms with E-state index < -0.39 is 0 Å². The van der Waals surface area contributed by atoms with Crippen LogP contribution in [-0.4, -0.2) is 19.6 Å². The Balaban J connectivity index is 1.94. The quantitative estimate of drug-likeness (QED) is 0.919. The minimum Gasteiger partial charge on any atom is -0.497 e. The maximum Gasteiger partial charge on any atom is 0.234 e. The minimum atomic E-state index is -0.317. The normalized spacial score (nSPS) is 13.3. The molecular weight excluding hydrogens is 304 g/mol. The fourth-order valence-corrected chi connectivity index (χ4v) is 2.83. The summed E-state index contributed by atoms with van der Waals surface area (Å²) < 4.78 is 10.7. The summed E-state index contributed by atoms with van der Waals surface area (Å²) in [5.41, 5.74) is 3.04. The van der Waals surface area contributed by atoms with Gasteiger partial charge in [-0.1, -0.05) is 18.2 Å². The van der Waals surface area contributed by atoms with E-state index >= 15 is 0 Å². The number of carbonyl (C=O) groups is 1. The van der Waals surface area contributed by atoms with Crippen LogP contribution in [0.2, 0.25) is 0 Å². The van der Waals surface area contributed by atoms with Gasteiger partial charge in [0.05, 0.1) is 25.8 Å². The molecular formula is C19H18N2O3. The lowest BCUT2D eigenvalue weighted by Gasteiger charge is -2.20. The van der Waals surface area contributed by atoms with E-state index in [2.05, 4.69) is 11.4 Å². The molecule has 5 nitrogen and oxygen atoms in total. The van der Waals surface area contributed by atoms with Crippen LogP contribution >= 0.6 is 0 Å². The summed E-state index contributed by atoms with van der Waals surface area (Å²) in [5.74, 6) is 1.36. The van der Waals surface area contributed by atoms with Crippen molar-refractivity contribution < 1.29 is 14.3 Å². The highest BCUT2D eigenvalue weighted by atomic mass is 16.5. The van der Waals surface area contributed by atoms with E-state index in [1.807, 2.05) is 42.5 Å². The molecule has 5 heteroatoms. The minimum absolute atomic E-state index is 0.166. The van der Waals surface area contributed by atoms with Crippen molar-refractivity contribution in [2.24, 2.45) is 0 Å².